The molecule has 0 spiro atoms. The number of nitrogens with zero attached hydrogens (tertiary/aromatic N) is 3. The first-order valence-corrected chi connectivity index (χ1v) is 10.6. The minimum absolute atomic E-state index is 0.0548. The Balaban J connectivity index is 1.36. The molecule has 6 rings (SSSR count). The monoisotopic (exact) mass is 383 g/mol. The van der Waals surface area contributed by atoms with E-state index in [0.29, 0.717) is 22.7 Å². The summed E-state index contributed by atoms with van der Waals surface area (Å²) in [5.41, 5.74) is 1.23. The van der Waals surface area contributed by atoms with Crippen molar-refractivity contribution < 1.29 is 4.79 Å². The van der Waals surface area contributed by atoms with E-state index in [2.05, 4.69) is 9.88 Å². The van der Waals surface area contributed by atoms with Crippen molar-refractivity contribution in [2.45, 2.75) is 38.1 Å². The number of hydrogen-bond acceptors (Lipinski definition) is 3. The SMILES string of the molecule is O=C(c1ccc2cccc(Cl)c2n1)N1C[C@@H]2CC[C@H](C1)N(CC1CCC1)C2. The Hall–Kier alpha value is -1.65. The molecular formula is C22H26ClN3O. The van der Waals surface area contributed by atoms with Crippen LogP contribution in [0.3, 0.4) is 0 Å². The van der Waals surface area contributed by atoms with Crippen LogP contribution in [0, 0.1) is 11.8 Å². The van der Waals surface area contributed by atoms with Crippen molar-refractivity contribution in [1.29, 1.82) is 0 Å². The fourth-order valence-corrected chi connectivity index (χ4v) is 5.19. The molecule has 1 aromatic carbocycles. The Labute approximate surface area is 165 Å². The quantitative estimate of drug-likeness (QED) is 0.796. The number of rotatable bonds is 3. The summed E-state index contributed by atoms with van der Waals surface area (Å²) in [6.07, 6.45) is 6.63. The van der Waals surface area contributed by atoms with Crippen molar-refractivity contribution >= 4 is 28.4 Å². The lowest BCUT2D eigenvalue weighted by Crippen LogP contribution is -2.47. The molecule has 2 bridgehead atoms. The number of hydrogen-bond donors (Lipinski definition) is 0. The number of para-hydroxylation sites is 1. The number of piperidine rings is 1. The van der Waals surface area contributed by atoms with Gasteiger partial charge in [-0.1, -0.05) is 36.2 Å². The highest BCUT2D eigenvalue weighted by molar-refractivity contribution is 6.35. The molecule has 4 heterocycles. The highest BCUT2D eigenvalue weighted by Gasteiger charge is 2.38. The number of carbonyl (C=O) groups is 1. The van der Waals surface area contributed by atoms with Crippen molar-refractivity contribution in [3.05, 3.63) is 41.0 Å². The van der Waals surface area contributed by atoms with Gasteiger partial charge in [-0.2, -0.15) is 0 Å². The molecule has 0 radical (unpaired) electrons. The lowest BCUT2D eigenvalue weighted by Gasteiger charge is -2.40. The molecule has 5 heteroatoms. The van der Waals surface area contributed by atoms with Gasteiger partial charge in [0.05, 0.1) is 10.5 Å². The van der Waals surface area contributed by atoms with Crippen LogP contribution in [0.5, 0.6) is 0 Å². The van der Waals surface area contributed by atoms with Gasteiger partial charge in [0.2, 0.25) is 0 Å². The van der Waals surface area contributed by atoms with Gasteiger partial charge in [0.15, 0.2) is 0 Å². The Kier molecular flexibility index (Phi) is 4.57. The molecule has 0 unspecified atom stereocenters. The van der Waals surface area contributed by atoms with E-state index in [4.69, 9.17) is 11.6 Å². The molecule has 27 heavy (non-hydrogen) atoms. The van der Waals surface area contributed by atoms with Crippen LogP contribution in [0.15, 0.2) is 30.3 Å². The fraction of sp³-hybridized carbons (Fsp3) is 0.545. The van der Waals surface area contributed by atoms with Gasteiger partial charge < -0.3 is 4.90 Å². The molecule has 1 amide bonds. The van der Waals surface area contributed by atoms with E-state index < -0.39 is 0 Å². The van der Waals surface area contributed by atoms with Crippen LogP contribution in [0.2, 0.25) is 5.02 Å². The zero-order valence-electron chi connectivity index (χ0n) is 15.6. The van der Waals surface area contributed by atoms with E-state index in [1.165, 1.54) is 38.6 Å². The molecule has 0 N–H and O–H groups in total. The van der Waals surface area contributed by atoms with E-state index in [-0.39, 0.29) is 5.91 Å². The van der Waals surface area contributed by atoms with Crippen molar-refractivity contribution in [3.8, 4) is 0 Å². The predicted octanol–water partition coefficient (Wildman–Crippen LogP) is 4.22. The molecule has 1 saturated carbocycles. The van der Waals surface area contributed by atoms with Gasteiger partial charge in [-0.15, -0.1) is 0 Å². The second kappa shape index (κ2) is 7.06. The lowest BCUT2D eigenvalue weighted by molar-refractivity contribution is 0.0712. The van der Waals surface area contributed by atoms with Crippen molar-refractivity contribution in [3.63, 3.8) is 0 Å². The zero-order valence-corrected chi connectivity index (χ0v) is 16.4. The topological polar surface area (TPSA) is 36.4 Å². The van der Waals surface area contributed by atoms with Gasteiger partial charge >= 0.3 is 0 Å². The summed E-state index contributed by atoms with van der Waals surface area (Å²) in [7, 11) is 0. The molecule has 4 aliphatic rings. The molecule has 1 aliphatic carbocycles. The number of pyridine rings is 1. The van der Waals surface area contributed by atoms with Gasteiger partial charge in [0, 0.05) is 37.6 Å². The average Bonchev–Trinajstić information content (AvgIpc) is 2.96. The molecule has 1 aromatic heterocycles. The first-order valence-electron chi connectivity index (χ1n) is 10.3. The zero-order chi connectivity index (χ0) is 18.4. The van der Waals surface area contributed by atoms with Crippen molar-refractivity contribution in [1.82, 2.24) is 14.8 Å². The number of fused-ring (bicyclic) bond motifs is 5. The standard InChI is InChI=1S/C22H26ClN3O/c23-19-6-2-5-17-8-10-20(24-21(17)19)22(27)26-13-16-7-9-18(14-26)25(12-16)11-15-3-1-4-15/h2,5-6,8,10,15-16,18H,1,3-4,7,9,11-14H2/t16-,18-/m1/s1. The molecule has 2 aromatic rings. The van der Waals surface area contributed by atoms with E-state index >= 15 is 0 Å². The minimum atomic E-state index is 0.0548. The Morgan fingerprint density at radius 2 is 1.96 bits per heavy atom. The largest absolute Gasteiger partial charge is 0.335 e. The number of aromatic nitrogens is 1. The third-order valence-corrected chi connectivity index (χ3v) is 7.03. The van der Waals surface area contributed by atoms with Gasteiger partial charge in [-0.05, 0) is 49.7 Å². The molecule has 142 valence electrons. The third-order valence-electron chi connectivity index (χ3n) is 6.72. The van der Waals surface area contributed by atoms with Crippen LogP contribution in [-0.2, 0) is 0 Å². The van der Waals surface area contributed by atoms with Crippen LogP contribution in [-0.4, -0.2) is 52.9 Å². The maximum absolute atomic E-state index is 13.2. The summed E-state index contributed by atoms with van der Waals surface area (Å²) in [6, 6.07) is 10.0. The van der Waals surface area contributed by atoms with E-state index in [9.17, 15) is 4.79 Å². The summed E-state index contributed by atoms with van der Waals surface area (Å²) < 4.78 is 0. The number of halogens is 1. The minimum Gasteiger partial charge on any atom is -0.335 e. The van der Waals surface area contributed by atoms with E-state index in [1.54, 1.807) is 0 Å². The summed E-state index contributed by atoms with van der Waals surface area (Å²) in [4.78, 5) is 22.6. The summed E-state index contributed by atoms with van der Waals surface area (Å²) in [6.45, 7) is 4.08. The predicted molar refractivity (Wildman–Crippen MR) is 108 cm³/mol. The maximum atomic E-state index is 13.2. The van der Waals surface area contributed by atoms with Crippen LogP contribution in [0.25, 0.3) is 10.9 Å². The first-order chi connectivity index (χ1) is 13.2. The molecule has 3 aliphatic heterocycles. The van der Waals surface area contributed by atoms with Gasteiger partial charge in [0.1, 0.15) is 5.69 Å². The highest BCUT2D eigenvalue weighted by atomic mass is 35.5. The van der Waals surface area contributed by atoms with Crippen LogP contribution in [0.1, 0.15) is 42.6 Å². The van der Waals surface area contributed by atoms with Crippen LogP contribution < -0.4 is 0 Å². The summed E-state index contributed by atoms with van der Waals surface area (Å²) >= 11 is 6.29. The average molecular weight is 384 g/mol. The Morgan fingerprint density at radius 1 is 1.07 bits per heavy atom. The third kappa shape index (κ3) is 3.34. The molecule has 4 fully saturated rings. The molecular weight excluding hydrogens is 358 g/mol. The van der Waals surface area contributed by atoms with Gasteiger partial charge in [0.25, 0.3) is 5.91 Å². The van der Waals surface area contributed by atoms with Gasteiger partial charge in [-0.25, -0.2) is 4.98 Å². The smallest absolute Gasteiger partial charge is 0.272 e. The molecule has 3 saturated heterocycles. The van der Waals surface area contributed by atoms with Crippen LogP contribution in [0.4, 0.5) is 0 Å². The second-order valence-corrected chi connectivity index (χ2v) is 8.97. The first kappa shape index (κ1) is 17.4. The van der Waals surface area contributed by atoms with E-state index in [0.717, 1.165) is 36.5 Å². The van der Waals surface area contributed by atoms with E-state index in [1.807, 2.05) is 35.2 Å². The normalized spacial score (nSPS) is 26.2. The number of amides is 1. The highest BCUT2D eigenvalue weighted by Crippen LogP contribution is 2.33. The van der Waals surface area contributed by atoms with Gasteiger partial charge in [-0.3, -0.25) is 9.69 Å². The lowest BCUT2D eigenvalue weighted by atomic mass is 9.83. The fourth-order valence-electron chi connectivity index (χ4n) is 4.97. The Morgan fingerprint density at radius 3 is 2.78 bits per heavy atom. The van der Waals surface area contributed by atoms with Crippen molar-refractivity contribution in [2.75, 3.05) is 26.2 Å². The number of benzene rings is 1. The summed E-state index contributed by atoms with van der Waals surface area (Å²) in [5.74, 6) is 1.54. The molecule has 4 nitrogen and oxygen atoms in total. The van der Waals surface area contributed by atoms with Crippen LogP contribution >= 0.6 is 11.6 Å². The summed E-state index contributed by atoms with van der Waals surface area (Å²) in [5, 5.41) is 1.58. The Bertz CT molecular complexity index is 866. The van der Waals surface area contributed by atoms with Crippen molar-refractivity contribution in [2.24, 2.45) is 11.8 Å². The second-order valence-electron chi connectivity index (χ2n) is 8.57. The molecule has 2 atom stereocenters. The maximum Gasteiger partial charge on any atom is 0.272 e. The number of carbonyl (C=O) groups excluding carboxylic acids is 1.